The Labute approximate surface area is 66.9 Å². The van der Waals surface area contributed by atoms with Gasteiger partial charge in [0.05, 0.1) is 5.75 Å². The van der Waals surface area contributed by atoms with Gasteiger partial charge in [-0.2, -0.15) is 0 Å². The summed E-state index contributed by atoms with van der Waals surface area (Å²) < 4.78 is 8.70. The van der Waals surface area contributed by atoms with Gasteiger partial charge in [0.25, 0.3) is 5.24 Å². The Kier molecular flexibility index (Phi) is 4.97. The van der Waals surface area contributed by atoms with E-state index >= 15 is 0 Å². The molecular weight excluding hydrogens is 193 g/mol. The number of imide groups is 1. The summed E-state index contributed by atoms with van der Waals surface area (Å²) in [5, 5.41) is 1.87. The molecule has 0 aliphatic carbocycles. The fourth-order valence-electron chi connectivity index (χ4n) is 0.317. The molecule has 1 saturated heterocycles. The van der Waals surface area contributed by atoms with Gasteiger partial charge in [-0.05, 0) is 0 Å². The van der Waals surface area contributed by atoms with E-state index in [0.717, 1.165) is 11.8 Å². The lowest BCUT2D eigenvalue weighted by Gasteiger charge is -1.77. The van der Waals surface area contributed by atoms with Gasteiger partial charge in [-0.3, -0.25) is 14.9 Å². The summed E-state index contributed by atoms with van der Waals surface area (Å²) in [6.07, 6.45) is 0. The largest absolute Gasteiger partial charge is 0.692 e. The molecule has 1 aliphatic heterocycles. The van der Waals surface area contributed by atoms with Crippen LogP contribution in [0.1, 0.15) is 0 Å². The molecule has 6 nitrogen and oxygen atoms in total. The van der Waals surface area contributed by atoms with Crippen LogP contribution < -0.4 is 5.32 Å². The van der Waals surface area contributed by atoms with Crippen molar-refractivity contribution in [3.8, 4) is 0 Å². The number of nitrogens with one attached hydrogen (secondary N) is 1. The van der Waals surface area contributed by atoms with Crippen LogP contribution in [-0.2, 0) is 9.36 Å². The minimum absolute atomic E-state index is 0.185. The van der Waals surface area contributed by atoms with Gasteiger partial charge in [-0.25, -0.2) is 0 Å². The van der Waals surface area contributed by atoms with Crippen molar-refractivity contribution in [1.29, 1.82) is 0 Å². The minimum atomic E-state index is -2.87. The highest BCUT2D eigenvalue weighted by molar-refractivity contribution is 8.14. The van der Waals surface area contributed by atoms with Crippen LogP contribution in [0.15, 0.2) is 0 Å². The van der Waals surface area contributed by atoms with Crippen molar-refractivity contribution < 1.29 is 23.9 Å². The predicted octanol–water partition coefficient (Wildman–Crippen LogP) is -0.402. The van der Waals surface area contributed by atoms with E-state index < -0.39 is 8.25 Å². The maximum atomic E-state index is 10.1. The summed E-state index contributed by atoms with van der Waals surface area (Å²) in [6.45, 7) is 0. The average molecular weight is 198 g/mol. The number of carbonyl (C=O) groups excluding carboxylic acids is 2. The SMILES string of the molecule is O=C1CSC(=O)N1.O=[P+](O)O. The third kappa shape index (κ3) is 7.41. The third-order valence-electron chi connectivity index (χ3n) is 0.576. The van der Waals surface area contributed by atoms with Crippen LogP contribution in [0.3, 0.4) is 0 Å². The average Bonchev–Trinajstić information content (AvgIpc) is 2.13. The predicted molar refractivity (Wildman–Crippen MR) is 38.0 cm³/mol. The molecule has 1 fully saturated rings. The van der Waals surface area contributed by atoms with Crippen LogP contribution in [0.4, 0.5) is 4.79 Å². The molecule has 0 unspecified atom stereocenters. The highest BCUT2D eigenvalue weighted by Gasteiger charge is 2.16. The molecule has 0 spiro atoms. The maximum absolute atomic E-state index is 10.1. The van der Waals surface area contributed by atoms with E-state index in [2.05, 4.69) is 5.32 Å². The number of hydrogen-bond donors (Lipinski definition) is 3. The summed E-state index contributed by atoms with van der Waals surface area (Å²) in [5.74, 6) is 0.105. The quantitative estimate of drug-likeness (QED) is 0.457. The molecule has 0 aromatic heterocycles. The smallest absolute Gasteiger partial charge is 0.286 e. The first kappa shape index (κ1) is 10.5. The Hall–Kier alpha value is -0.490. The Morgan fingerprint density at radius 1 is 1.45 bits per heavy atom. The summed E-state index contributed by atoms with van der Waals surface area (Å²) in [4.78, 5) is 34.4. The van der Waals surface area contributed by atoms with E-state index in [1.807, 2.05) is 0 Å². The number of rotatable bonds is 0. The fourth-order valence-corrected chi connectivity index (χ4v) is 0.837. The van der Waals surface area contributed by atoms with Gasteiger partial charge < -0.3 is 0 Å². The zero-order valence-corrected chi connectivity index (χ0v) is 6.89. The van der Waals surface area contributed by atoms with Gasteiger partial charge in [0.15, 0.2) is 0 Å². The number of hydrogen-bond acceptors (Lipinski definition) is 4. The first-order chi connectivity index (χ1) is 5.02. The molecule has 62 valence electrons. The molecule has 1 heterocycles. The van der Waals surface area contributed by atoms with Crippen molar-refractivity contribution >= 4 is 31.2 Å². The highest BCUT2D eigenvalue weighted by atomic mass is 32.2. The monoisotopic (exact) mass is 198 g/mol. The Bertz CT molecular complexity index is 176. The highest BCUT2D eigenvalue weighted by Crippen LogP contribution is 2.06. The first-order valence-electron chi connectivity index (χ1n) is 2.34. The normalized spacial score (nSPS) is 15.1. The van der Waals surface area contributed by atoms with E-state index in [1.54, 1.807) is 0 Å². The lowest BCUT2D eigenvalue weighted by Crippen LogP contribution is -2.18. The minimum Gasteiger partial charge on any atom is -0.286 e. The van der Waals surface area contributed by atoms with E-state index in [4.69, 9.17) is 14.4 Å². The van der Waals surface area contributed by atoms with Gasteiger partial charge in [0.1, 0.15) is 0 Å². The topological polar surface area (TPSA) is 104 Å². The van der Waals surface area contributed by atoms with Crippen LogP contribution in [0.5, 0.6) is 0 Å². The van der Waals surface area contributed by atoms with Gasteiger partial charge in [0, 0.05) is 4.57 Å². The second-order valence-corrected chi connectivity index (χ2v) is 2.83. The second kappa shape index (κ2) is 5.20. The van der Waals surface area contributed by atoms with E-state index in [9.17, 15) is 9.59 Å². The number of thioether (sulfide) groups is 1. The molecule has 0 aromatic rings. The van der Waals surface area contributed by atoms with E-state index in [0.29, 0.717) is 5.75 Å². The molecule has 1 rings (SSSR count). The van der Waals surface area contributed by atoms with Crippen molar-refractivity contribution in [3.05, 3.63) is 0 Å². The maximum Gasteiger partial charge on any atom is 0.692 e. The van der Waals surface area contributed by atoms with Crippen LogP contribution >= 0.6 is 20.0 Å². The van der Waals surface area contributed by atoms with Gasteiger partial charge in [-0.15, -0.1) is 9.79 Å². The third-order valence-corrected chi connectivity index (χ3v) is 1.35. The van der Waals surface area contributed by atoms with Crippen LogP contribution in [0.25, 0.3) is 0 Å². The lowest BCUT2D eigenvalue weighted by atomic mass is 10.7. The van der Waals surface area contributed by atoms with Crippen LogP contribution in [0.2, 0.25) is 0 Å². The molecule has 11 heavy (non-hydrogen) atoms. The standard InChI is InChI=1S/C3H3NO2S.HO3P/c5-2-1-7-3(6)4-2;1-4(2)3/h1H2,(H,4,5,6);(H-,1,2,3)/p+1. The van der Waals surface area contributed by atoms with Crippen molar-refractivity contribution in [2.45, 2.75) is 0 Å². The Morgan fingerprint density at radius 2 is 1.91 bits per heavy atom. The molecule has 0 atom stereocenters. The second-order valence-electron chi connectivity index (χ2n) is 1.38. The molecule has 0 saturated carbocycles. The van der Waals surface area contributed by atoms with Crippen molar-refractivity contribution in [3.63, 3.8) is 0 Å². The molecule has 3 N–H and O–H groups in total. The molecule has 0 bridgehead atoms. The zero-order valence-electron chi connectivity index (χ0n) is 5.18. The molecule has 2 amide bonds. The van der Waals surface area contributed by atoms with Gasteiger partial charge in [-0.1, -0.05) is 11.8 Å². The van der Waals surface area contributed by atoms with Crippen molar-refractivity contribution in [1.82, 2.24) is 5.32 Å². The number of amides is 2. The molecular formula is C3H5NO5PS+. The van der Waals surface area contributed by atoms with Crippen LogP contribution in [-0.4, -0.2) is 26.7 Å². The summed E-state index contributed by atoms with van der Waals surface area (Å²) >= 11 is 1.01. The molecule has 8 heteroatoms. The fraction of sp³-hybridized carbons (Fsp3) is 0.333. The molecule has 1 aliphatic rings. The first-order valence-corrected chi connectivity index (χ1v) is 4.49. The van der Waals surface area contributed by atoms with Gasteiger partial charge in [0.2, 0.25) is 5.91 Å². The lowest BCUT2D eigenvalue weighted by molar-refractivity contribution is -0.117. The van der Waals surface area contributed by atoms with E-state index in [1.165, 1.54) is 0 Å². The van der Waals surface area contributed by atoms with Gasteiger partial charge >= 0.3 is 8.25 Å². The summed E-state index contributed by atoms with van der Waals surface area (Å²) in [6, 6.07) is 0. The van der Waals surface area contributed by atoms with E-state index in [-0.39, 0.29) is 11.1 Å². The Balaban J connectivity index is 0.000000218. The van der Waals surface area contributed by atoms with Crippen LogP contribution in [0, 0.1) is 0 Å². The Morgan fingerprint density at radius 3 is 2.00 bits per heavy atom. The summed E-state index contributed by atoms with van der Waals surface area (Å²) in [5.41, 5.74) is 0. The van der Waals surface area contributed by atoms with Crippen molar-refractivity contribution in [2.24, 2.45) is 0 Å². The van der Waals surface area contributed by atoms with Crippen molar-refractivity contribution in [2.75, 3.05) is 5.75 Å². The zero-order chi connectivity index (χ0) is 8.85. The summed E-state index contributed by atoms with van der Waals surface area (Å²) in [7, 11) is -2.87. The molecule has 0 aromatic carbocycles. The molecule has 0 radical (unpaired) electrons. The number of carbonyl (C=O) groups is 2.